The number of benzene rings is 1. The summed E-state index contributed by atoms with van der Waals surface area (Å²) < 4.78 is 11.2. The highest BCUT2D eigenvalue weighted by Gasteiger charge is 2.42. The summed E-state index contributed by atoms with van der Waals surface area (Å²) in [6, 6.07) is 11.5. The smallest absolute Gasteiger partial charge is 0.257 e. The van der Waals surface area contributed by atoms with Crippen molar-refractivity contribution in [1.29, 1.82) is 0 Å². The summed E-state index contributed by atoms with van der Waals surface area (Å²) >= 11 is 0. The number of hydrogen-bond donors (Lipinski definition) is 1. The van der Waals surface area contributed by atoms with Gasteiger partial charge in [-0.2, -0.15) is 0 Å². The first-order valence-corrected chi connectivity index (χ1v) is 10.2. The molecule has 2 atom stereocenters. The molecule has 1 aromatic heterocycles. The Bertz CT molecular complexity index is 816. The Kier molecular flexibility index (Phi) is 5.85. The molecule has 7 nitrogen and oxygen atoms in total. The van der Waals surface area contributed by atoms with Gasteiger partial charge in [-0.25, -0.2) is 0 Å². The number of para-hydroxylation sites is 1. The number of amides is 2. The van der Waals surface area contributed by atoms with E-state index in [9.17, 15) is 9.59 Å². The third-order valence-electron chi connectivity index (χ3n) is 5.88. The fourth-order valence-electron chi connectivity index (χ4n) is 4.40. The van der Waals surface area contributed by atoms with Crippen LogP contribution in [0.3, 0.4) is 0 Å². The molecule has 1 N–H and O–H groups in total. The third-order valence-corrected chi connectivity index (χ3v) is 5.88. The average molecular weight is 397 g/mol. The molecule has 0 bridgehead atoms. The van der Waals surface area contributed by atoms with Crippen molar-refractivity contribution < 1.29 is 18.7 Å². The Labute approximate surface area is 170 Å². The molecule has 2 fully saturated rings. The number of ether oxygens (including phenoxy) is 1. The van der Waals surface area contributed by atoms with E-state index in [0.29, 0.717) is 31.6 Å². The van der Waals surface area contributed by atoms with Crippen LogP contribution in [0.25, 0.3) is 0 Å². The van der Waals surface area contributed by atoms with Crippen LogP contribution >= 0.6 is 0 Å². The van der Waals surface area contributed by atoms with E-state index in [1.54, 1.807) is 13.1 Å². The quantitative estimate of drug-likeness (QED) is 0.837. The molecule has 4 rings (SSSR count). The highest BCUT2D eigenvalue weighted by Crippen LogP contribution is 2.29. The molecule has 1 aromatic carbocycles. The van der Waals surface area contributed by atoms with E-state index in [-0.39, 0.29) is 30.0 Å². The van der Waals surface area contributed by atoms with Crippen molar-refractivity contribution >= 4 is 11.8 Å². The van der Waals surface area contributed by atoms with Crippen LogP contribution in [0.2, 0.25) is 0 Å². The molecule has 0 unspecified atom stereocenters. The van der Waals surface area contributed by atoms with Crippen molar-refractivity contribution in [3.8, 4) is 5.75 Å². The molecule has 7 heteroatoms. The molecule has 0 radical (unpaired) electrons. The summed E-state index contributed by atoms with van der Waals surface area (Å²) in [4.78, 5) is 29.2. The highest BCUT2D eigenvalue weighted by atomic mass is 16.5. The van der Waals surface area contributed by atoms with E-state index < -0.39 is 0 Å². The van der Waals surface area contributed by atoms with E-state index in [1.165, 1.54) is 12.5 Å². The van der Waals surface area contributed by atoms with Gasteiger partial charge in [-0.05, 0) is 31.0 Å². The van der Waals surface area contributed by atoms with Crippen molar-refractivity contribution in [1.82, 2.24) is 15.1 Å². The van der Waals surface area contributed by atoms with Gasteiger partial charge >= 0.3 is 0 Å². The lowest BCUT2D eigenvalue weighted by atomic mass is 10.0. The minimum atomic E-state index is -0.199. The lowest BCUT2D eigenvalue weighted by Gasteiger charge is -2.38. The predicted molar refractivity (Wildman–Crippen MR) is 108 cm³/mol. The standard InChI is InChI=1S/C22H27N3O4/c1-23-21(26)20-13-19(29-18-5-3-2-4-6-18)14-25(20)17-7-10-24(11-8-17)22(27)16-9-12-28-15-16/h2-6,9,12,15,17,19-20H,7-8,10-11,13-14H2,1H3,(H,23,26)/t19-,20-/m0/s1. The minimum absolute atomic E-state index is 0.00626. The number of furan rings is 1. The number of hydrogen-bond acceptors (Lipinski definition) is 5. The zero-order valence-electron chi connectivity index (χ0n) is 16.6. The number of likely N-dealkylation sites (tertiary alicyclic amines) is 2. The number of piperidine rings is 1. The Balaban J connectivity index is 1.39. The molecule has 29 heavy (non-hydrogen) atoms. The van der Waals surface area contributed by atoms with Gasteiger partial charge in [-0.15, -0.1) is 0 Å². The molecular formula is C22H27N3O4. The summed E-state index contributed by atoms with van der Waals surface area (Å²) in [6.07, 6.45) is 5.34. The molecule has 2 saturated heterocycles. The Morgan fingerprint density at radius 3 is 2.55 bits per heavy atom. The predicted octanol–water partition coefficient (Wildman–Crippen LogP) is 2.15. The lowest BCUT2D eigenvalue weighted by molar-refractivity contribution is -0.126. The summed E-state index contributed by atoms with van der Waals surface area (Å²) in [5.74, 6) is 0.864. The second kappa shape index (κ2) is 8.69. The second-order valence-corrected chi connectivity index (χ2v) is 7.65. The number of likely N-dealkylation sites (N-methyl/N-ethyl adjacent to an activating group) is 1. The molecule has 2 aliphatic rings. The zero-order chi connectivity index (χ0) is 20.2. The number of nitrogens with zero attached hydrogens (tertiary/aromatic N) is 2. The number of rotatable bonds is 5. The van der Waals surface area contributed by atoms with Crippen LogP contribution in [0.15, 0.2) is 53.3 Å². The monoisotopic (exact) mass is 397 g/mol. The van der Waals surface area contributed by atoms with Gasteiger partial charge in [0.05, 0.1) is 17.9 Å². The van der Waals surface area contributed by atoms with Gasteiger partial charge in [0.2, 0.25) is 5.91 Å². The van der Waals surface area contributed by atoms with Gasteiger partial charge in [0.25, 0.3) is 5.91 Å². The summed E-state index contributed by atoms with van der Waals surface area (Å²) in [5, 5.41) is 2.79. The van der Waals surface area contributed by atoms with Crippen molar-refractivity contribution in [2.45, 2.75) is 37.5 Å². The van der Waals surface area contributed by atoms with Gasteiger partial charge in [0.15, 0.2) is 0 Å². The van der Waals surface area contributed by atoms with Crippen LogP contribution in [0.4, 0.5) is 0 Å². The van der Waals surface area contributed by atoms with Crippen molar-refractivity contribution in [2.75, 3.05) is 26.7 Å². The Morgan fingerprint density at radius 1 is 1.14 bits per heavy atom. The first-order valence-electron chi connectivity index (χ1n) is 10.2. The Hall–Kier alpha value is -2.80. The van der Waals surface area contributed by atoms with Crippen LogP contribution in [0.1, 0.15) is 29.6 Å². The molecule has 154 valence electrons. The topological polar surface area (TPSA) is 75.0 Å². The van der Waals surface area contributed by atoms with E-state index in [4.69, 9.17) is 9.15 Å². The number of carbonyl (C=O) groups excluding carboxylic acids is 2. The molecule has 2 aliphatic heterocycles. The summed E-state index contributed by atoms with van der Waals surface area (Å²) in [5.41, 5.74) is 0.587. The van der Waals surface area contributed by atoms with Crippen molar-refractivity contribution in [3.05, 3.63) is 54.5 Å². The minimum Gasteiger partial charge on any atom is -0.489 e. The second-order valence-electron chi connectivity index (χ2n) is 7.65. The normalized spacial score (nSPS) is 23.1. The molecule has 0 spiro atoms. The van der Waals surface area contributed by atoms with E-state index in [0.717, 1.165) is 18.6 Å². The molecule has 2 aromatic rings. The zero-order valence-corrected chi connectivity index (χ0v) is 16.6. The maximum Gasteiger partial charge on any atom is 0.257 e. The van der Waals surface area contributed by atoms with Crippen LogP contribution in [0, 0.1) is 0 Å². The number of nitrogens with one attached hydrogen (secondary N) is 1. The van der Waals surface area contributed by atoms with Gasteiger partial charge < -0.3 is 19.4 Å². The van der Waals surface area contributed by atoms with Gasteiger partial charge in [0.1, 0.15) is 18.1 Å². The SMILES string of the molecule is CNC(=O)[C@@H]1C[C@H](Oc2ccccc2)CN1C1CCN(C(=O)c2ccoc2)CC1. The fourth-order valence-corrected chi connectivity index (χ4v) is 4.40. The van der Waals surface area contributed by atoms with Crippen molar-refractivity contribution in [3.63, 3.8) is 0 Å². The van der Waals surface area contributed by atoms with E-state index >= 15 is 0 Å². The van der Waals surface area contributed by atoms with Crippen LogP contribution < -0.4 is 10.1 Å². The summed E-state index contributed by atoms with van der Waals surface area (Å²) in [7, 11) is 1.68. The van der Waals surface area contributed by atoms with Gasteiger partial charge in [-0.3, -0.25) is 14.5 Å². The average Bonchev–Trinajstić information content (AvgIpc) is 3.44. The number of carbonyl (C=O) groups is 2. The molecule has 2 amide bonds. The molecule has 0 aliphatic carbocycles. The molecule has 0 saturated carbocycles. The van der Waals surface area contributed by atoms with Gasteiger partial charge in [0, 0.05) is 39.1 Å². The van der Waals surface area contributed by atoms with Crippen LogP contribution in [-0.2, 0) is 4.79 Å². The fraction of sp³-hybridized carbons (Fsp3) is 0.455. The first kappa shape index (κ1) is 19.5. The van der Waals surface area contributed by atoms with Crippen LogP contribution in [0.5, 0.6) is 5.75 Å². The van der Waals surface area contributed by atoms with Crippen molar-refractivity contribution in [2.24, 2.45) is 0 Å². The molecule has 3 heterocycles. The third kappa shape index (κ3) is 4.29. The van der Waals surface area contributed by atoms with Gasteiger partial charge in [-0.1, -0.05) is 18.2 Å². The maximum absolute atomic E-state index is 12.5. The largest absolute Gasteiger partial charge is 0.489 e. The van der Waals surface area contributed by atoms with E-state index in [2.05, 4.69) is 10.2 Å². The highest BCUT2D eigenvalue weighted by molar-refractivity contribution is 5.93. The summed E-state index contributed by atoms with van der Waals surface area (Å²) in [6.45, 7) is 2.07. The van der Waals surface area contributed by atoms with E-state index in [1.807, 2.05) is 35.2 Å². The maximum atomic E-state index is 12.5. The Morgan fingerprint density at radius 2 is 1.90 bits per heavy atom. The first-order chi connectivity index (χ1) is 14.2. The molecular weight excluding hydrogens is 370 g/mol. The van der Waals surface area contributed by atoms with Crippen LogP contribution in [-0.4, -0.2) is 66.5 Å². The lowest BCUT2D eigenvalue weighted by Crippen LogP contribution is -2.51.